The molecule has 3 rings (SSSR count). The average molecular weight is 364 g/mol. The van der Waals surface area contributed by atoms with Gasteiger partial charge in [0, 0.05) is 31.5 Å². The van der Waals surface area contributed by atoms with Crippen LogP contribution in [0, 0.1) is 21.4 Å². The van der Waals surface area contributed by atoms with E-state index in [1.54, 1.807) is 23.8 Å². The van der Waals surface area contributed by atoms with Gasteiger partial charge in [0.25, 0.3) is 5.69 Å². The van der Waals surface area contributed by atoms with Gasteiger partial charge < -0.3 is 4.57 Å². The summed E-state index contributed by atoms with van der Waals surface area (Å²) in [5.41, 5.74) is 1.94. The molecule has 3 aromatic rings. The molecule has 0 spiro atoms. The predicted octanol–water partition coefficient (Wildman–Crippen LogP) is 4.38. The van der Waals surface area contributed by atoms with Crippen molar-refractivity contribution in [1.82, 2.24) is 14.5 Å². The largest absolute Gasteiger partial charge is 0.342 e. The summed E-state index contributed by atoms with van der Waals surface area (Å²) in [6, 6.07) is 8.26. The summed E-state index contributed by atoms with van der Waals surface area (Å²) in [5, 5.41) is 19.5. The monoisotopic (exact) mass is 363 g/mol. The summed E-state index contributed by atoms with van der Waals surface area (Å²) >= 11 is 11.9. The zero-order chi connectivity index (χ0) is 17.9. The summed E-state index contributed by atoms with van der Waals surface area (Å²) < 4.78 is 1.78. The van der Waals surface area contributed by atoms with Crippen LogP contribution >= 0.6 is 23.2 Å². The van der Waals surface area contributed by atoms with Gasteiger partial charge in [0.1, 0.15) is 5.69 Å². The Morgan fingerprint density at radius 1 is 1.33 bits per heavy atom. The third-order valence-corrected chi connectivity index (χ3v) is 3.66. The first-order valence-electron chi connectivity index (χ1n) is 6.62. The smallest absolute Gasteiger partial charge is 0.271 e. The van der Waals surface area contributed by atoms with Gasteiger partial charge in [-0.05, 0) is 23.7 Å². The van der Waals surface area contributed by atoms with Crippen LogP contribution < -0.4 is 0 Å². The number of aromatic nitrogens is 3. The minimum Gasteiger partial charge on any atom is -0.342 e. The summed E-state index contributed by atoms with van der Waals surface area (Å²) in [6.07, 6.45) is 1.42. The molecule has 0 aliphatic rings. The van der Waals surface area contributed by atoms with Crippen LogP contribution in [0.2, 0.25) is 10.3 Å². The van der Waals surface area contributed by atoms with Crippen LogP contribution in [0.25, 0.3) is 22.3 Å². The number of hydrogen-bond acceptors (Lipinski definition) is 5. The van der Waals surface area contributed by atoms with Crippen molar-refractivity contribution in [2.45, 2.75) is 6.92 Å². The normalized spacial score (nSPS) is 9.96. The summed E-state index contributed by atoms with van der Waals surface area (Å²) in [5.74, 6) is 0. The van der Waals surface area contributed by atoms with Gasteiger partial charge >= 0.3 is 0 Å². The Kier molecular flexibility index (Phi) is 5.34. The minimum atomic E-state index is -0.430. The molecule has 0 saturated carbocycles. The van der Waals surface area contributed by atoms with Crippen LogP contribution in [0.3, 0.4) is 0 Å². The molecule has 2 heterocycles. The molecular formula is C15H11Cl2N5O2. The maximum Gasteiger partial charge on any atom is 0.271 e. The molecule has 0 fully saturated rings. The molecule has 9 heteroatoms. The Hall–Kier alpha value is -2.69. The van der Waals surface area contributed by atoms with Crippen LogP contribution in [-0.4, -0.2) is 19.5 Å². The number of halogens is 2. The van der Waals surface area contributed by atoms with Gasteiger partial charge in [-0.25, -0.2) is 9.97 Å². The van der Waals surface area contributed by atoms with Gasteiger partial charge in [-0.2, -0.15) is 5.26 Å². The number of aryl methyl sites for hydroxylation is 1. The third-order valence-electron chi connectivity index (χ3n) is 3.20. The Bertz CT molecular complexity index is 962. The number of rotatable bonds is 2. The van der Waals surface area contributed by atoms with E-state index in [2.05, 4.69) is 9.97 Å². The maximum atomic E-state index is 10.9. The molecule has 0 saturated heterocycles. The standard InChI is InChI=1S/C13H8Cl2N4O2.C2H3N/c1-18-10-5-8(19(20)21)3-2-7(10)4-11(18)12-9(14)6-16-13(15)17-12;1-2-3/h2-6H,1H3;1H3. The quantitative estimate of drug-likeness (QED) is 0.382. The van der Waals surface area contributed by atoms with Crippen molar-refractivity contribution in [3.63, 3.8) is 0 Å². The molecule has 0 atom stereocenters. The highest BCUT2D eigenvalue weighted by Gasteiger charge is 2.15. The number of non-ortho nitro benzene ring substituents is 1. The lowest BCUT2D eigenvalue weighted by molar-refractivity contribution is -0.384. The van der Waals surface area contributed by atoms with E-state index in [0.717, 1.165) is 5.39 Å². The Labute approximate surface area is 147 Å². The van der Waals surface area contributed by atoms with E-state index in [4.69, 9.17) is 28.5 Å². The lowest BCUT2D eigenvalue weighted by Crippen LogP contribution is -1.96. The first kappa shape index (κ1) is 17.7. The van der Waals surface area contributed by atoms with Crippen molar-refractivity contribution in [2.24, 2.45) is 7.05 Å². The van der Waals surface area contributed by atoms with Gasteiger partial charge in [-0.1, -0.05) is 11.6 Å². The van der Waals surface area contributed by atoms with Gasteiger partial charge in [0.2, 0.25) is 5.28 Å². The fourth-order valence-electron chi connectivity index (χ4n) is 2.18. The SMILES string of the molecule is CC#N.Cn1c(-c2nc(Cl)ncc2Cl)cc2ccc([N+](=O)[O-])cc21. The fourth-order valence-corrected chi connectivity index (χ4v) is 2.51. The highest BCUT2D eigenvalue weighted by molar-refractivity contribution is 6.33. The molecule has 0 aliphatic carbocycles. The van der Waals surface area contributed by atoms with Crippen molar-refractivity contribution in [1.29, 1.82) is 5.26 Å². The molecule has 0 radical (unpaired) electrons. The van der Waals surface area contributed by atoms with E-state index in [9.17, 15) is 10.1 Å². The summed E-state index contributed by atoms with van der Waals surface area (Å²) in [6.45, 7) is 1.43. The zero-order valence-corrected chi connectivity index (χ0v) is 14.2. The number of benzene rings is 1. The van der Waals surface area contributed by atoms with Crippen molar-refractivity contribution in [2.75, 3.05) is 0 Å². The van der Waals surface area contributed by atoms with Gasteiger partial charge in [0.05, 0.1) is 33.4 Å². The van der Waals surface area contributed by atoms with Crippen molar-refractivity contribution >= 4 is 39.8 Å². The first-order chi connectivity index (χ1) is 11.4. The van der Waals surface area contributed by atoms with Crippen LogP contribution in [0.5, 0.6) is 0 Å². The van der Waals surface area contributed by atoms with Crippen molar-refractivity contribution < 1.29 is 4.92 Å². The molecule has 24 heavy (non-hydrogen) atoms. The van der Waals surface area contributed by atoms with E-state index < -0.39 is 4.92 Å². The van der Waals surface area contributed by atoms with E-state index >= 15 is 0 Å². The maximum absolute atomic E-state index is 10.9. The molecule has 122 valence electrons. The summed E-state index contributed by atoms with van der Waals surface area (Å²) in [7, 11) is 1.79. The number of fused-ring (bicyclic) bond motifs is 1. The second-order valence-corrected chi connectivity index (χ2v) is 5.39. The fraction of sp³-hybridized carbons (Fsp3) is 0.133. The van der Waals surface area contributed by atoms with Crippen LogP contribution in [0.1, 0.15) is 6.92 Å². The number of hydrogen-bond donors (Lipinski definition) is 0. The van der Waals surface area contributed by atoms with Crippen molar-refractivity contribution in [3.8, 4) is 17.5 Å². The highest BCUT2D eigenvalue weighted by atomic mass is 35.5. The van der Waals surface area contributed by atoms with Crippen LogP contribution in [-0.2, 0) is 7.05 Å². The van der Waals surface area contributed by atoms with Gasteiger partial charge in [-0.3, -0.25) is 10.1 Å². The van der Waals surface area contributed by atoms with E-state index in [1.807, 2.05) is 6.07 Å². The third kappa shape index (κ3) is 3.45. The molecule has 2 aromatic heterocycles. The second-order valence-electron chi connectivity index (χ2n) is 4.65. The molecular weight excluding hydrogens is 353 g/mol. The number of nitriles is 1. The second kappa shape index (κ2) is 7.25. The van der Waals surface area contributed by atoms with E-state index in [0.29, 0.717) is 21.9 Å². The number of nitro benzene ring substituents is 1. The first-order valence-corrected chi connectivity index (χ1v) is 7.37. The molecule has 1 aromatic carbocycles. The highest BCUT2D eigenvalue weighted by Crippen LogP contribution is 2.32. The Morgan fingerprint density at radius 2 is 2.00 bits per heavy atom. The predicted molar refractivity (Wildman–Crippen MR) is 91.9 cm³/mol. The molecule has 0 amide bonds. The number of nitro groups is 1. The molecule has 0 unspecified atom stereocenters. The van der Waals surface area contributed by atoms with E-state index in [-0.39, 0.29) is 11.0 Å². The zero-order valence-electron chi connectivity index (χ0n) is 12.7. The molecule has 7 nitrogen and oxygen atoms in total. The van der Waals surface area contributed by atoms with E-state index in [1.165, 1.54) is 25.3 Å². The lowest BCUT2D eigenvalue weighted by Gasteiger charge is -2.05. The Morgan fingerprint density at radius 3 is 2.62 bits per heavy atom. The minimum absolute atomic E-state index is 0.0297. The number of nitrogens with zero attached hydrogens (tertiary/aromatic N) is 5. The topological polar surface area (TPSA) is 97.6 Å². The molecule has 0 N–H and O–H groups in total. The van der Waals surface area contributed by atoms with Gasteiger partial charge in [0.15, 0.2) is 0 Å². The lowest BCUT2D eigenvalue weighted by atomic mass is 10.2. The van der Waals surface area contributed by atoms with Gasteiger partial charge in [-0.15, -0.1) is 0 Å². The Balaban J connectivity index is 0.000000647. The van der Waals surface area contributed by atoms with Crippen LogP contribution in [0.15, 0.2) is 30.5 Å². The summed E-state index contributed by atoms with van der Waals surface area (Å²) in [4.78, 5) is 18.4. The average Bonchev–Trinajstić information content (AvgIpc) is 2.87. The van der Waals surface area contributed by atoms with Crippen molar-refractivity contribution in [3.05, 3.63) is 50.9 Å². The molecule has 0 aliphatic heterocycles. The molecule has 0 bridgehead atoms. The van der Waals surface area contributed by atoms with Crippen LogP contribution in [0.4, 0.5) is 5.69 Å².